The molecular weight excluding hydrogens is 226 g/mol. The monoisotopic (exact) mass is 237 g/mol. The number of benzene rings is 1. The molecule has 0 amide bonds. The van der Waals surface area contributed by atoms with Crippen LogP contribution in [0.2, 0.25) is 0 Å². The van der Waals surface area contributed by atoms with E-state index < -0.39 is 0 Å². The molecule has 0 fully saturated rings. The Morgan fingerprint density at radius 2 is 1.33 bits per heavy atom. The average molecular weight is 237 g/mol. The second-order valence-corrected chi connectivity index (χ2v) is 4.01. The van der Waals surface area contributed by atoms with E-state index in [1.54, 1.807) is 0 Å². The van der Waals surface area contributed by atoms with Gasteiger partial charge in [0.1, 0.15) is 0 Å². The minimum atomic E-state index is 0.703. The van der Waals surface area contributed by atoms with Crippen molar-refractivity contribution in [2.75, 3.05) is 0 Å². The molecule has 2 rings (SSSR count). The highest BCUT2D eigenvalue weighted by molar-refractivity contribution is 7.72. The van der Waals surface area contributed by atoms with Gasteiger partial charge in [0.2, 0.25) is 9.54 Å². The van der Waals surface area contributed by atoms with Crippen molar-refractivity contribution >= 4 is 24.4 Å². The zero-order valence-electron chi connectivity index (χ0n) is 8.54. The van der Waals surface area contributed by atoms with Crippen molar-refractivity contribution in [3.63, 3.8) is 0 Å². The zero-order chi connectivity index (χ0) is 11.0. The Bertz CT molecular complexity index is 556. The van der Waals surface area contributed by atoms with Gasteiger partial charge >= 0.3 is 0 Å². The van der Waals surface area contributed by atoms with Gasteiger partial charge in [0.05, 0.1) is 5.69 Å². The predicted molar refractivity (Wildman–Crippen MR) is 65.4 cm³/mol. The first-order valence-corrected chi connectivity index (χ1v) is 5.35. The summed E-state index contributed by atoms with van der Waals surface area (Å²) in [4.78, 5) is 0. The molecule has 2 aromatic rings. The lowest BCUT2D eigenvalue weighted by atomic mass is 10.3. The van der Waals surface area contributed by atoms with Crippen LogP contribution in [0, 0.1) is 9.54 Å². The largest absolute Gasteiger partial charge is 0.261 e. The zero-order valence-corrected chi connectivity index (χ0v) is 10.2. The third kappa shape index (κ3) is 1.57. The van der Waals surface area contributed by atoms with Crippen LogP contribution in [-0.2, 0) is 14.1 Å². The summed E-state index contributed by atoms with van der Waals surface area (Å²) in [6.07, 6.45) is 0. The van der Waals surface area contributed by atoms with E-state index in [2.05, 4.69) is 0 Å². The predicted octanol–water partition coefficient (Wildman–Crippen LogP) is 2.61. The fourth-order valence-corrected chi connectivity index (χ4v) is 2.11. The molecule has 0 aliphatic rings. The molecule has 0 unspecified atom stereocenters. The fraction of sp³-hybridized carbons (Fsp3) is 0.200. The van der Waals surface area contributed by atoms with Crippen LogP contribution in [0.15, 0.2) is 30.3 Å². The summed E-state index contributed by atoms with van der Waals surface area (Å²) < 4.78 is 6.99. The molecule has 0 bridgehead atoms. The normalized spacial score (nSPS) is 10.5. The van der Waals surface area contributed by atoms with Gasteiger partial charge in [-0.1, -0.05) is 18.2 Å². The Hall–Kier alpha value is -1.20. The summed E-state index contributed by atoms with van der Waals surface area (Å²) in [6, 6.07) is 9.90. The van der Waals surface area contributed by atoms with Gasteiger partial charge in [-0.25, -0.2) is 0 Å². The van der Waals surface area contributed by atoms with Gasteiger partial charge < -0.3 is 0 Å². The van der Waals surface area contributed by atoms with E-state index in [0.717, 1.165) is 5.69 Å². The van der Waals surface area contributed by atoms with E-state index in [9.17, 15) is 0 Å². The highest BCUT2D eigenvalue weighted by Gasteiger charge is 2.05. The van der Waals surface area contributed by atoms with Gasteiger partial charge in [-0.05, 0) is 36.6 Å². The summed E-state index contributed by atoms with van der Waals surface area (Å²) >= 11 is 10.6. The van der Waals surface area contributed by atoms with E-state index >= 15 is 0 Å². The molecule has 1 heterocycles. The molecule has 0 spiro atoms. The molecule has 0 aliphatic heterocycles. The first-order chi connectivity index (χ1) is 7.13. The Kier molecular flexibility index (Phi) is 2.58. The number of hydrogen-bond acceptors (Lipinski definition) is 2. The molecule has 15 heavy (non-hydrogen) atoms. The minimum Gasteiger partial charge on any atom is -0.261 e. The van der Waals surface area contributed by atoms with E-state index in [-0.39, 0.29) is 0 Å². The highest BCUT2D eigenvalue weighted by atomic mass is 32.1. The molecule has 0 saturated carbocycles. The van der Waals surface area contributed by atoms with Crippen molar-refractivity contribution in [3.8, 4) is 5.69 Å². The SMILES string of the molecule is Cn1c(=S)n(-c2ccccc2)c(=S)n1C. The third-order valence-electron chi connectivity index (χ3n) is 2.40. The van der Waals surface area contributed by atoms with Gasteiger partial charge in [0, 0.05) is 14.1 Å². The molecule has 1 aromatic carbocycles. The van der Waals surface area contributed by atoms with E-state index in [0.29, 0.717) is 9.54 Å². The van der Waals surface area contributed by atoms with Crippen molar-refractivity contribution in [1.29, 1.82) is 0 Å². The molecule has 0 N–H and O–H groups in total. The summed E-state index contributed by atoms with van der Waals surface area (Å²) in [7, 11) is 3.80. The van der Waals surface area contributed by atoms with E-state index in [4.69, 9.17) is 24.4 Å². The number of para-hydroxylation sites is 1. The van der Waals surface area contributed by atoms with Crippen molar-refractivity contribution in [1.82, 2.24) is 13.9 Å². The minimum absolute atomic E-state index is 0.703. The van der Waals surface area contributed by atoms with Crippen LogP contribution in [0.4, 0.5) is 0 Å². The molecule has 0 atom stereocenters. The second kappa shape index (κ2) is 3.75. The smallest absolute Gasteiger partial charge is 0.201 e. The third-order valence-corrected chi connectivity index (χ3v) is 3.29. The van der Waals surface area contributed by atoms with Gasteiger partial charge in [0.25, 0.3) is 0 Å². The molecule has 1 aromatic heterocycles. The topological polar surface area (TPSA) is 14.8 Å². The summed E-state index contributed by atoms with van der Waals surface area (Å²) in [5.74, 6) is 0. The van der Waals surface area contributed by atoms with Crippen LogP contribution in [0.5, 0.6) is 0 Å². The molecule has 0 radical (unpaired) electrons. The van der Waals surface area contributed by atoms with Crippen LogP contribution in [0.1, 0.15) is 0 Å². The van der Waals surface area contributed by atoms with Crippen molar-refractivity contribution in [3.05, 3.63) is 39.9 Å². The van der Waals surface area contributed by atoms with Crippen LogP contribution >= 0.6 is 24.4 Å². The fourth-order valence-electron chi connectivity index (χ4n) is 1.43. The standard InChI is InChI=1S/C10H11N3S2/c1-11-9(14)13(10(15)12(11)2)8-6-4-3-5-7-8/h3-7H,1-2H3. The average Bonchev–Trinajstić information content (AvgIpc) is 2.45. The first kappa shape index (κ1) is 10.3. The maximum atomic E-state index is 5.32. The van der Waals surface area contributed by atoms with E-state index in [1.807, 2.05) is 58.4 Å². The lowest BCUT2D eigenvalue weighted by Crippen LogP contribution is -2.02. The molecule has 0 aliphatic carbocycles. The Morgan fingerprint density at radius 1 is 0.867 bits per heavy atom. The van der Waals surface area contributed by atoms with Crippen LogP contribution in [0.3, 0.4) is 0 Å². The van der Waals surface area contributed by atoms with Gasteiger partial charge in [-0.3, -0.25) is 13.9 Å². The highest BCUT2D eigenvalue weighted by Crippen LogP contribution is 2.10. The summed E-state index contributed by atoms with van der Waals surface area (Å²) in [5, 5.41) is 0. The van der Waals surface area contributed by atoms with E-state index in [1.165, 1.54) is 0 Å². The van der Waals surface area contributed by atoms with Gasteiger partial charge in [0.15, 0.2) is 0 Å². The number of aromatic nitrogens is 3. The number of nitrogens with zero attached hydrogens (tertiary/aromatic N) is 3. The molecule has 5 heteroatoms. The maximum absolute atomic E-state index is 5.32. The quantitative estimate of drug-likeness (QED) is 0.708. The number of rotatable bonds is 1. The summed E-state index contributed by atoms with van der Waals surface area (Å²) in [5.41, 5.74) is 1.00. The maximum Gasteiger partial charge on any atom is 0.201 e. The number of hydrogen-bond donors (Lipinski definition) is 0. The van der Waals surface area contributed by atoms with Crippen LogP contribution in [-0.4, -0.2) is 13.9 Å². The first-order valence-electron chi connectivity index (χ1n) is 4.53. The molecule has 78 valence electrons. The van der Waals surface area contributed by atoms with Crippen molar-refractivity contribution in [2.24, 2.45) is 14.1 Å². The molecular formula is C10H11N3S2. The Morgan fingerprint density at radius 3 is 1.80 bits per heavy atom. The molecule has 0 saturated heterocycles. The van der Waals surface area contributed by atoms with Crippen molar-refractivity contribution in [2.45, 2.75) is 0 Å². The lowest BCUT2D eigenvalue weighted by Gasteiger charge is -1.99. The molecule has 3 nitrogen and oxygen atoms in total. The van der Waals surface area contributed by atoms with Gasteiger partial charge in [-0.15, -0.1) is 0 Å². The Labute approximate surface area is 98.2 Å². The van der Waals surface area contributed by atoms with Crippen LogP contribution < -0.4 is 0 Å². The van der Waals surface area contributed by atoms with Crippen LogP contribution in [0.25, 0.3) is 5.69 Å². The lowest BCUT2D eigenvalue weighted by molar-refractivity contribution is 0.583. The Balaban J connectivity index is 2.81. The summed E-state index contributed by atoms with van der Waals surface area (Å²) in [6.45, 7) is 0. The van der Waals surface area contributed by atoms with Crippen molar-refractivity contribution < 1.29 is 0 Å². The second-order valence-electron chi connectivity index (χ2n) is 3.28. The van der Waals surface area contributed by atoms with Gasteiger partial charge in [-0.2, -0.15) is 0 Å².